The van der Waals surface area contributed by atoms with Gasteiger partial charge < -0.3 is 10.2 Å². The van der Waals surface area contributed by atoms with E-state index in [4.69, 9.17) is 0 Å². The minimum atomic E-state index is -0.0368. The van der Waals surface area contributed by atoms with Crippen LogP contribution in [0.3, 0.4) is 0 Å². The third-order valence-electron chi connectivity index (χ3n) is 4.29. The molecule has 0 radical (unpaired) electrons. The van der Waals surface area contributed by atoms with Crippen LogP contribution < -0.4 is 5.32 Å². The van der Waals surface area contributed by atoms with Crippen LogP contribution in [0.4, 0.5) is 5.69 Å². The Kier molecular flexibility index (Phi) is 6.66. The number of benzene rings is 1. The van der Waals surface area contributed by atoms with Crippen LogP contribution in [-0.4, -0.2) is 46.3 Å². The fraction of sp³-hybridized carbons (Fsp3) is 0.350. The van der Waals surface area contributed by atoms with Crippen molar-refractivity contribution in [2.24, 2.45) is 0 Å². The normalized spacial score (nSPS) is 14.1. The van der Waals surface area contributed by atoms with Crippen LogP contribution in [0, 0.1) is 0 Å². The van der Waals surface area contributed by atoms with E-state index in [1.807, 2.05) is 59.1 Å². The molecule has 0 aliphatic carbocycles. The largest absolute Gasteiger partial charge is 0.341 e. The van der Waals surface area contributed by atoms with Crippen LogP contribution in [0.1, 0.15) is 17.7 Å². The van der Waals surface area contributed by atoms with Crippen LogP contribution in [0.5, 0.6) is 0 Å². The number of carbonyl (C=O) groups is 2. The Bertz CT molecular complexity index is 728. The number of carbonyl (C=O) groups excluding carboxylic acids is 2. The highest BCUT2D eigenvalue weighted by molar-refractivity contribution is 7.99. The molecule has 1 aromatic carbocycles. The topological polar surface area (TPSA) is 62.3 Å². The van der Waals surface area contributed by atoms with Gasteiger partial charge in [-0.05, 0) is 36.2 Å². The second-order valence-electron chi connectivity index (χ2n) is 6.24. The predicted octanol–water partition coefficient (Wildman–Crippen LogP) is 2.77. The van der Waals surface area contributed by atoms with Crippen molar-refractivity contribution in [3.63, 3.8) is 0 Å². The molecule has 0 spiro atoms. The maximum absolute atomic E-state index is 12.3. The molecule has 2 amide bonds. The van der Waals surface area contributed by atoms with Gasteiger partial charge in [0.25, 0.3) is 0 Å². The Labute approximate surface area is 158 Å². The third kappa shape index (κ3) is 5.59. The van der Waals surface area contributed by atoms with Crippen molar-refractivity contribution in [3.05, 3.63) is 59.9 Å². The Balaban J connectivity index is 1.46. The van der Waals surface area contributed by atoms with Gasteiger partial charge >= 0.3 is 0 Å². The molecule has 5 nitrogen and oxygen atoms in total. The van der Waals surface area contributed by atoms with Crippen molar-refractivity contribution in [2.75, 3.05) is 29.9 Å². The molecule has 1 aliphatic heterocycles. The molecule has 0 saturated carbocycles. The lowest BCUT2D eigenvalue weighted by molar-refractivity contribution is -0.130. The second-order valence-corrected chi connectivity index (χ2v) is 7.46. The Morgan fingerprint density at radius 3 is 2.54 bits per heavy atom. The molecule has 0 atom stereocenters. The monoisotopic (exact) mass is 369 g/mol. The SMILES string of the molecule is O=C(CCc1ccccn1)Nc1ccc(CC(=O)N2CCSCC2)cc1. The van der Waals surface area contributed by atoms with Crippen LogP contribution in [0.2, 0.25) is 0 Å². The van der Waals surface area contributed by atoms with E-state index >= 15 is 0 Å². The molecule has 1 saturated heterocycles. The average Bonchev–Trinajstić information content (AvgIpc) is 2.69. The summed E-state index contributed by atoms with van der Waals surface area (Å²) in [5, 5.41) is 2.89. The molecule has 6 heteroatoms. The highest BCUT2D eigenvalue weighted by Crippen LogP contribution is 2.14. The summed E-state index contributed by atoms with van der Waals surface area (Å²) < 4.78 is 0. The Morgan fingerprint density at radius 1 is 1.08 bits per heavy atom. The van der Waals surface area contributed by atoms with E-state index in [0.29, 0.717) is 19.3 Å². The molecular weight excluding hydrogens is 346 g/mol. The van der Waals surface area contributed by atoms with Gasteiger partial charge in [-0.15, -0.1) is 0 Å². The standard InChI is InChI=1S/C20H23N3O2S/c24-19(9-8-17-3-1-2-10-21-17)22-18-6-4-16(5-7-18)15-20(25)23-11-13-26-14-12-23/h1-7,10H,8-9,11-15H2,(H,22,24). The quantitative estimate of drug-likeness (QED) is 0.850. The summed E-state index contributed by atoms with van der Waals surface area (Å²) in [4.78, 5) is 30.5. The maximum Gasteiger partial charge on any atom is 0.227 e. The van der Waals surface area contributed by atoms with Gasteiger partial charge in [-0.3, -0.25) is 14.6 Å². The van der Waals surface area contributed by atoms with Crippen molar-refractivity contribution < 1.29 is 9.59 Å². The van der Waals surface area contributed by atoms with Gasteiger partial charge in [-0.1, -0.05) is 18.2 Å². The number of amides is 2. The lowest BCUT2D eigenvalue weighted by atomic mass is 10.1. The number of pyridine rings is 1. The van der Waals surface area contributed by atoms with E-state index in [-0.39, 0.29) is 11.8 Å². The van der Waals surface area contributed by atoms with Gasteiger partial charge in [-0.25, -0.2) is 0 Å². The lowest BCUT2D eigenvalue weighted by Crippen LogP contribution is -2.38. The first kappa shape index (κ1) is 18.5. The molecule has 2 heterocycles. The summed E-state index contributed by atoms with van der Waals surface area (Å²) in [5.41, 5.74) is 2.63. The van der Waals surface area contributed by atoms with E-state index in [9.17, 15) is 9.59 Å². The van der Waals surface area contributed by atoms with Crippen molar-refractivity contribution in [1.82, 2.24) is 9.88 Å². The van der Waals surface area contributed by atoms with Gasteiger partial charge in [0.2, 0.25) is 11.8 Å². The predicted molar refractivity (Wildman–Crippen MR) is 105 cm³/mol. The van der Waals surface area contributed by atoms with E-state index in [0.717, 1.165) is 41.5 Å². The van der Waals surface area contributed by atoms with Gasteiger partial charge in [-0.2, -0.15) is 11.8 Å². The zero-order valence-corrected chi connectivity index (χ0v) is 15.5. The number of thioether (sulfide) groups is 1. The van der Waals surface area contributed by atoms with Gasteiger partial charge in [0.1, 0.15) is 0 Å². The van der Waals surface area contributed by atoms with Crippen LogP contribution >= 0.6 is 11.8 Å². The third-order valence-corrected chi connectivity index (χ3v) is 5.23. The summed E-state index contributed by atoms with van der Waals surface area (Å²) in [6.45, 7) is 1.68. The fourth-order valence-electron chi connectivity index (χ4n) is 2.82. The lowest BCUT2D eigenvalue weighted by Gasteiger charge is -2.26. The molecule has 1 aliphatic rings. The van der Waals surface area contributed by atoms with E-state index < -0.39 is 0 Å². The number of anilines is 1. The van der Waals surface area contributed by atoms with Crippen LogP contribution in [0.25, 0.3) is 0 Å². The number of aromatic nitrogens is 1. The Hall–Kier alpha value is -2.34. The first-order valence-electron chi connectivity index (χ1n) is 8.85. The molecule has 136 valence electrons. The highest BCUT2D eigenvalue weighted by atomic mass is 32.2. The summed E-state index contributed by atoms with van der Waals surface area (Å²) in [6, 6.07) is 13.2. The van der Waals surface area contributed by atoms with Crippen molar-refractivity contribution >= 4 is 29.3 Å². The van der Waals surface area contributed by atoms with Crippen molar-refractivity contribution in [3.8, 4) is 0 Å². The molecule has 1 fully saturated rings. The van der Waals surface area contributed by atoms with Gasteiger partial charge in [0.05, 0.1) is 6.42 Å². The molecule has 0 unspecified atom stereocenters. The molecule has 1 aromatic heterocycles. The summed E-state index contributed by atoms with van der Waals surface area (Å²) >= 11 is 1.89. The zero-order valence-electron chi connectivity index (χ0n) is 14.7. The van der Waals surface area contributed by atoms with E-state index in [2.05, 4.69) is 10.3 Å². The number of nitrogens with one attached hydrogen (secondary N) is 1. The summed E-state index contributed by atoms with van der Waals surface area (Å²) in [6.07, 6.45) is 3.16. The van der Waals surface area contributed by atoms with E-state index in [1.165, 1.54) is 0 Å². The number of aryl methyl sites for hydroxylation is 1. The first-order chi connectivity index (χ1) is 12.7. The smallest absolute Gasteiger partial charge is 0.227 e. The second kappa shape index (κ2) is 9.38. The maximum atomic E-state index is 12.3. The summed E-state index contributed by atoms with van der Waals surface area (Å²) in [5.74, 6) is 2.19. The molecule has 26 heavy (non-hydrogen) atoms. The first-order valence-corrected chi connectivity index (χ1v) is 10.0. The fourth-order valence-corrected chi connectivity index (χ4v) is 3.72. The average molecular weight is 369 g/mol. The molecular formula is C20H23N3O2S. The molecule has 2 aromatic rings. The van der Waals surface area contributed by atoms with Crippen molar-refractivity contribution in [2.45, 2.75) is 19.3 Å². The highest BCUT2D eigenvalue weighted by Gasteiger charge is 2.16. The number of nitrogens with zero attached hydrogens (tertiary/aromatic N) is 2. The minimum absolute atomic E-state index is 0.0368. The van der Waals surface area contributed by atoms with Gasteiger partial charge in [0, 0.05) is 48.6 Å². The Morgan fingerprint density at radius 2 is 1.85 bits per heavy atom. The van der Waals surface area contributed by atoms with Crippen LogP contribution in [-0.2, 0) is 22.4 Å². The molecule has 1 N–H and O–H groups in total. The van der Waals surface area contributed by atoms with Gasteiger partial charge in [0.15, 0.2) is 0 Å². The van der Waals surface area contributed by atoms with E-state index in [1.54, 1.807) is 6.20 Å². The molecule has 0 bridgehead atoms. The molecule has 3 rings (SSSR count). The summed E-state index contributed by atoms with van der Waals surface area (Å²) in [7, 11) is 0. The number of hydrogen-bond donors (Lipinski definition) is 1. The zero-order chi connectivity index (χ0) is 18.2. The van der Waals surface area contributed by atoms with Crippen molar-refractivity contribution in [1.29, 1.82) is 0 Å². The minimum Gasteiger partial charge on any atom is -0.341 e. The number of hydrogen-bond acceptors (Lipinski definition) is 4. The van der Waals surface area contributed by atoms with Crippen LogP contribution in [0.15, 0.2) is 48.7 Å². The number of rotatable bonds is 6.